The maximum atomic E-state index is 13.1. The van der Waals surface area contributed by atoms with Gasteiger partial charge in [0.1, 0.15) is 5.52 Å². The molecule has 2 aliphatic heterocycles. The van der Waals surface area contributed by atoms with Gasteiger partial charge in [0.2, 0.25) is 5.28 Å². The van der Waals surface area contributed by atoms with Crippen LogP contribution in [0.1, 0.15) is 18.9 Å². The zero-order valence-electron chi connectivity index (χ0n) is 14.1. The van der Waals surface area contributed by atoms with Gasteiger partial charge >= 0.3 is 5.69 Å². The second-order valence-corrected chi connectivity index (χ2v) is 6.79. The molecule has 2 aromatic rings. The topological polar surface area (TPSA) is 74.4 Å². The summed E-state index contributed by atoms with van der Waals surface area (Å²) in [5.74, 6) is 0. The Morgan fingerprint density at radius 2 is 1.84 bits per heavy atom. The molecule has 0 N–H and O–H groups in total. The molecule has 0 amide bonds. The first-order valence-corrected chi connectivity index (χ1v) is 9.13. The Labute approximate surface area is 150 Å². The van der Waals surface area contributed by atoms with Crippen LogP contribution in [-0.4, -0.2) is 70.1 Å². The molecule has 0 spiro atoms. The second-order valence-electron chi connectivity index (χ2n) is 6.45. The lowest BCUT2D eigenvalue weighted by Gasteiger charge is -2.26. The quantitative estimate of drug-likeness (QED) is 0.748. The summed E-state index contributed by atoms with van der Waals surface area (Å²) in [4.78, 5) is 23.8. The molecule has 2 aromatic heterocycles. The van der Waals surface area contributed by atoms with Gasteiger partial charge in [0.25, 0.3) is 0 Å². The predicted octanol–water partition coefficient (Wildman–Crippen LogP) is 0.930. The third kappa shape index (κ3) is 3.44. The molecule has 2 saturated heterocycles. The average Bonchev–Trinajstić information content (AvgIpc) is 2.92. The van der Waals surface area contributed by atoms with E-state index < -0.39 is 0 Å². The summed E-state index contributed by atoms with van der Waals surface area (Å²) in [5, 5.41) is 0.165. The fourth-order valence-electron chi connectivity index (χ4n) is 3.59. The summed E-state index contributed by atoms with van der Waals surface area (Å²) < 4.78 is 14.4. The van der Waals surface area contributed by atoms with Crippen molar-refractivity contribution in [2.24, 2.45) is 0 Å². The van der Waals surface area contributed by atoms with E-state index in [1.165, 1.54) is 0 Å². The summed E-state index contributed by atoms with van der Waals surface area (Å²) in [6, 6.07) is 0.0966. The molecule has 0 aromatic carbocycles. The number of morpholine rings is 1. The Morgan fingerprint density at radius 3 is 2.60 bits per heavy atom. The Morgan fingerprint density at radius 1 is 1.12 bits per heavy atom. The molecule has 4 rings (SSSR count). The number of rotatable bonds is 4. The molecule has 4 heterocycles. The molecule has 9 heteroatoms. The van der Waals surface area contributed by atoms with Gasteiger partial charge in [-0.3, -0.25) is 14.0 Å². The van der Waals surface area contributed by atoms with Gasteiger partial charge in [-0.05, 0) is 24.4 Å². The number of hydrogen-bond acceptors (Lipinski definition) is 6. The molecule has 25 heavy (non-hydrogen) atoms. The van der Waals surface area contributed by atoms with Crippen LogP contribution in [0.5, 0.6) is 0 Å². The molecular formula is C16H22ClN5O3. The lowest BCUT2D eigenvalue weighted by atomic mass is 10.1. The van der Waals surface area contributed by atoms with Crippen LogP contribution in [0.25, 0.3) is 11.2 Å². The van der Waals surface area contributed by atoms with Crippen LogP contribution in [0.4, 0.5) is 0 Å². The van der Waals surface area contributed by atoms with E-state index in [-0.39, 0.29) is 17.0 Å². The van der Waals surface area contributed by atoms with E-state index in [0.717, 1.165) is 51.2 Å². The molecule has 0 saturated carbocycles. The first kappa shape index (κ1) is 17.0. The summed E-state index contributed by atoms with van der Waals surface area (Å²) in [5.41, 5.74) is 1.33. The third-order valence-corrected chi connectivity index (χ3v) is 5.16. The highest BCUT2D eigenvalue weighted by Gasteiger charge is 2.24. The van der Waals surface area contributed by atoms with Gasteiger partial charge < -0.3 is 9.47 Å². The highest BCUT2D eigenvalue weighted by molar-refractivity contribution is 6.28. The zero-order valence-corrected chi connectivity index (χ0v) is 14.8. The molecule has 0 unspecified atom stereocenters. The number of halogens is 1. The summed E-state index contributed by atoms with van der Waals surface area (Å²) in [6.07, 6.45) is 3.27. The molecule has 0 bridgehead atoms. The Hall–Kier alpha value is -1.48. The normalized spacial score (nSPS) is 20.4. The number of hydrogen-bond donors (Lipinski definition) is 0. The smallest absolute Gasteiger partial charge is 0.330 e. The second kappa shape index (κ2) is 7.41. The van der Waals surface area contributed by atoms with Crippen molar-refractivity contribution in [3.05, 3.63) is 22.0 Å². The van der Waals surface area contributed by atoms with Crippen LogP contribution in [0.2, 0.25) is 5.28 Å². The molecular weight excluding hydrogens is 346 g/mol. The maximum Gasteiger partial charge on any atom is 0.330 e. The van der Waals surface area contributed by atoms with E-state index in [1.54, 1.807) is 15.3 Å². The maximum absolute atomic E-state index is 13.1. The first-order valence-electron chi connectivity index (χ1n) is 8.75. The Kier molecular flexibility index (Phi) is 5.03. The summed E-state index contributed by atoms with van der Waals surface area (Å²) in [7, 11) is 0. The van der Waals surface area contributed by atoms with Gasteiger partial charge in [-0.15, -0.1) is 0 Å². The van der Waals surface area contributed by atoms with Crippen molar-refractivity contribution < 1.29 is 9.47 Å². The van der Waals surface area contributed by atoms with Crippen LogP contribution in [0.15, 0.2) is 11.0 Å². The van der Waals surface area contributed by atoms with Crippen molar-refractivity contribution in [1.29, 1.82) is 0 Å². The number of fused-ring (bicyclic) bond motifs is 1. The number of nitrogens with zero attached hydrogens (tertiary/aromatic N) is 5. The predicted molar refractivity (Wildman–Crippen MR) is 93.1 cm³/mol. The van der Waals surface area contributed by atoms with Crippen molar-refractivity contribution in [1.82, 2.24) is 24.0 Å². The van der Waals surface area contributed by atoms with E-state index in [0.29, 0.717) is 25.4 Å². The lowest BCUT2D eigenvalue weighted by molar-refractivity contribution is 0.0363. The zero-order chi connectivity index (χ0) is 17.2. The van der Waals surface area contributed by atoms with Crippen LogP contribution in [0.3, 0.4) is 0 Å². The van der Waals surface area contributed by atoms with Crippen molar-refractivity contribution in [2.45, 2.75) is 25.4 Å². The van der Waals surface area contributed by atoms with Gasteiger partial charge in [0.15, 0.2) is 5.65 Å². The van der Waals surface area contributed by atoms with E-state index >= 15 is 0 Å². The number of ether oxygens (including phenoxy) is 2. The SMILES string of the molecule is O=c1n(CCN2CCOCC2)c2cnc(Cl)nc2n1C1CCOCC1. The van der Waals surface area contributed by atoms with E-state index in [9.17, 15) is 4.79 Å². The highest BCUT2D eigenvalue weighted by Crippen LogP contribution is 2.24. The minimum Gasteiger partial charge on any atom is -0.381 e. The van der Waals surface area contributed by atoms with E-state index in [4.69, 9.17) is 21.1 Å². The van der Waals surface area contributed by atoms with Crippen LogP contribution >= 0.6 is 11.6 Å². The van der Waals surface area contributed by atoms with Crippen molar-refractivity contribution in [3.8, 4) is 0 Å². The monoisotopic (exact) mass is 367 g/mol. The van der Waals surface area contributed by atoms with Gasteiger partial charge in [-0.2, -0.15) is 4.98 Å². The average molecular weight is 368 g/mol. The third-order valence-electron chi connectivity index (χ3n) is 4.98. The van der Waals surface area contributed by atoms with Gasteiger partial charge in [0, 0.05) is 45.4 Å². The minimum absolute atomic E-state index is 0.0354. The Balaban J connectivity index is 1.68. The number of imidazole rings is 1. The lowest BCUT2D eigenvalue weighted by Crippen LogP contribution is -2.39. The first-order chi connectivity index (χ1) is 12.2. The van der Waals surface area contributed by atoms with Crippen molar-refractivity contribution in [3.63, 3.8) is 0 Å². The summed E-state index contributed by atoms with van der Waals surface area (Å²) in [6.45, 7) is 6.03. The minimum atomic E-state index is -0.0354. The van der Waals surface area contributed by atoms with Gasteiger partial charge in [-0.1, -0.05) is 0 Å². The highest BCUT2D eigenvalue weighted by atomic mass is 35.5. The fourth-order valence-corrected chi connectivity index (χ4v) is 3.72. The van der Waals surface area contributed by atoms with Gasteiger partial charge in [0.05, 0.1) is 19.4 Å². The van der Waals surface area contributed by atoms with E-state index in [2.05, 4.69) is 14.9 Å². The fraction of sp³-hybridized carbons (Fsp3) is 0.688. The van der Waals surface area contributed by atoms with Crippen LogP contribution in [-0.2, 0) is 16.0 Å². The van der Waals surface area contributed by atoms with Crippen molar-refractivity contribution in [2.75, 3.05) is 46.1 Å². The molecule has 0 radical (unpaired) electrons. The Bertz CT molecular complexity index is 793. The van der Waals surface area contributed by atoms with E-state index in [1.807, 2.05) is 0 Å². The van der Waals surface area contributed by atoms with Crippen LogP contribution < -0.4 is 5.69 Å². The molecule has 8 nitrogen and oxygen atoms in total. The molecule has 0 atom stereocenters. The number of aromatic nitrogens is 4. The standard InChI is InChI=1S/C16H22ClN5O3/c17-15-18-11-13-14(19-15)22(12-1-7-24-8-2-12)16(23)21(13)4-3-20-5-9-25-10-6-20/h11-12H,1-10H2. The van der Waals surface area contributed by atoms with Crippen LogP contribution in [0, 0.1) is 0 Å². The molecule has 2 fully saturated rings. The van der Waals surface area contributed by atoms with Crippen molar-refractivity contribution >= 4 is 22.8 Å². The van der Waals surface area contributed by atoms with Gasteiger partial charge in [-0.25, -0.2) is 9.78 Å². The molecule has 136 valence electrons. The molecule has 0 aliphatic carbocycles. The molecule has 2 aliphatic rings. The summed E-state index contributed by atoms with van der Waals surface area (Å²) >= 11 is 6.00. The largest absolute Gasteiger partial charge is 0.381 e.